The van der Waals surface area contributed by atoms with E-state index in [2.05, 4.69) is 10.3 Å². The Morgan fingerprint density at radius 1 is 1.17 bits per heavy atom. The number of rotatable bonds is 8. The van der Waals surface area contributed by atoms with Gasteiger partial charge in [0.15, 0.2) is 0 Å². The van der Waals surface area contributed by atoms with Crippen molar-refractivity contribution in [3.63, 3.8) is 0 Å². The Balaban J connectivity index is 1.72. The maximum atomic E-state index is 12.8. The summed E-state index contributed by atoms with van der Waals surface area (Å²) < 4.78 is 18.2. The number of nitrogens with one attached hydrogen (secondary N) is 1. The summed E-state index contributed by atoms with van der Waals surface area (Å²) in [5.41, 5.74) is 1.87. The topological polar surface area (TPSA) is 51.2 Å². The van der Waals surface area contributed by atoms with E-state index in [1.807, 2.05) is 13.0 Å². The van der Waals surface area contributed by atoms with E-state index in [0.717, 1.165) is 17.5 Å². The molecule has 0 unspecified atom stereocenters. The zero-order valence-corrected chi connectivity index (χ0v) is 13.2. The predicted molar refractivity (Wildman–Crippen MR) is 86.6 cm³/mol. The van der Waals surface area contributed by atoms with Crippen LogP contribution in [0.1, 0.15) is 30.9 Å². The van der Waals surface area contributed by atoms with Crippen molar-refractivity contribution in [2.75, 3.05) is 6.61 Å². The van der Waals surface area contributed by atoms with Gasteiger partial charge in [-0.3, -0.25) is 4.79 Å². The van der Waals surface area contributed by atoms with Crippen molar-refractivity contribution in [3.05, 3.63) is 59.5 Å². The van der Waals surface area contributed by atoms with Crippen molar-refractivity contribution in [1.29, 1.82) is 0 Å². The molecular formula is C18H21FN2O2. The zero-order chi connectivity index (χ0) is 16.5. The molecule has 0 radical (unpaired) electrons. The number of hydrogen-bond donors (Lipinski definition) is 1. The fourth-order valence-electron chi connectivity index (χ4n) is 2.01. The van der Waals surface area contributed by atoms with E-state index in [-0.39, 0.29) is 11.7 Å². The summed E-state index contributed by atoms with van der Waals surface area (Å²) in [7, 11) is 0. The van der Waals surface area contributed by atoms with Crippen LogP contribution in [0.25, 0.3) is 0 Å². The van der Waals surface area contributed by atoms with Gasteiger partial charge in [0.1, 0.15) is 5.82 Å². The Labute approximate surface area is 135 Å². The molecular weight excluding hydrogens is 295 g/mol. The zero-order valence-electron chi connectivity index (χ0n) is 13.2. The van der Waals surface area contributed by atoms with E-state index < -0.39 is 0 Å². The van der Waals surface area contributed by atoms with Crippen LogP contribution in [0.15, 0.2) is 42.6 Å². The van der Waals surface area contributed by atoms with Gasteiger partial charge in [-0.2, -0.15) is 0 Å². The molecule has 1 heterocycles. The molecule has 0 aliphatic carbocycles. The van der Waals surface area contributed by atoms with Gasteiger partial charge in [-0.1, -0.05) is 25.1 Å². The third-order valence-electron chi connectivity index (χ3n) is 3.30. The van der Waals surface area contributed by atoms with E-state index in [0.29, 0.717) is 31.9 Å². The van der Waals surface area contributed by atoms with Gasteiger partial charge in [-0.25, -0.2) is 9.37 Å². The fraction of sp³-hybridized carbons (Fsp3) is 0.333. The number of benzene rings is 1. The highest BCUT2D eigenvalue weighted by Gasteiger charge is 2.03. The van der Waals surface area contributed by atoms with Gasteiger partial charge in [0, 0.05) is 25.2 Å². The summed E-state index contributed by atoms with van der Waals surface area (Å²) in [5.74, 6) is 0.288. The van der Waals surface area contributed by atoms with Crippen LogP contribution >= 0.6 is 0 Å². The summed E-state index contributed by atoms with van der Waals surface area (Å²) in [6.07, 6.45) is 3.60. The van der Waals surface area contributed by atoms with Crippen LogP contribution in [0, 0.1) is 5.82 Å². The number of pyridine rings is 1. The number of aryl methyl sites for hydroxylation is 1. The SMILES string of the molecule is CCCOc1ccc(CNC(=O)CCc2ccc(F)cc2)cn1. The summed E-state index contributed by atoms with van der Waals surface area (Å²) in [6.45, 7) is 3.12. The van der Waals surface area contributed by atoms with Crippen LogP contribution in [0.4, 0.5) is 4.39 Å². The van der Waals surface area contributed by atoms with Gasteiger partial charge in [0.05, 0.1) is 6.61 Å². The van der Waals surface area contributed by atoms with Crippen molar-refractivity contribution in [2.24, 2.45) is 0 Å². The number of nitrogens with zero attached hydrogens (tertiary/aromatic N) is 1. The second kappa shape index (κ2) is 8.88. The minimum Gasteiger partial charge on any atom is -0.478 e. The number of hydrogen-bond acceptors (Lipinski definition) is 3. The molecule has 0 bridgehead atoms. The molecule has 0 fully saturated rings. The predicted octanol–water partition coefficient (Wildman–Crippen LogP) is 3.26. The Hall–Kier alpha value is -2.43. The first-order valence-electron chi connectivity index (χ1n) is 7.76. The van der Waals surface area contributed by atoms with Crippen LogP contribution in [0.5, 0.6) is 5.88 Å². The lowest BCUT2D eigenvalue weighted by atomic mass is 10.1. The van der Waals surface area contributed by atoms with Crippen molar-refractivity contribution in [3.8, 4) is 5.88 Å². The molecule has 1 aromatic carbocycles. The lowest BCUT2D eigenvalue weighted by Crippen LogP contribution is -2.23. The van der Waals surface area contributed by atoms with Gasteiger partial charge in [-0.15, -0.1) is 0 Å². The van der Waals surface area contributed by atoms with Crippen molar-refractivity contribution in [2.45, 2.75) is 32.7 Å². The van der Waals surface area contributed by atoms with Gasteiger partial charge in [-0.05, 0) is 36.1 Å². The van der Waals surface area contributed by atoms with Crippen LogP contribution in [-0.4, -0.2) is 17.5 Å². The van der Waals surface area contributed by atoms with Gasteiger partial charge < -0.3 is 10.1 Å². The quantitative estimate of drug-likeness (QED) is 0.813. The van der Waals surface area contributed by atoms with E-state index in [9.17, 15) is 9.18 Å². The highest BCUT2D eigenvalue weighted by atomic mass is 19.1. The van der Waals surface area contributed by atoms with Gasteiger partial charge >= 0.3 is 0 Å². The Morgan fingerprint density at radius 3 is 2.57 bits per heavy atom. The molecule has 23 heavy (non-hydrogen) atoms. The lowest BCUT2D eigenvalue weighted by molar-refractivity contribution is -0.121. The molecule has 0 aliphatic heterocycles. The third kappa shape index (κ3) is 6.06. The highest BCUT2D eigenvalue weighted by Crippen LogP contribution is 2.08. The lowest BCUT2D eigenvalue weighted by Gasteiger charge is -2.07. The maximum absolute atomic E-state index is 12.8. The van der Waals surface area contributed by atoms with Crippen LogP contribution in [-0.2, 0) is 17.8 Å². The largest absolute Gasteiger partial charge is 0.478 e. The molecule has 1 amide bonds. The van der Waals surface area contributed by atoms with Crippen LogP contribution in [0.3, 0.4) is 0 Å². The Kier molecular flexibility index (Phi) is 6.54. The highest BCUT2D eigenvalue weighted by molar-refractivity contribution is 5.76. The number of amides is 1. The molecule has 1 N–H and O–H groups in total. The molecule has 5 heteroatoms. The second-order valence-electron chi connectivity index (χ2n) is 5.26. The second-order valence-corrected chi connectivity index (χ2v) is 5.26. The average Bonchev–Trinajstić information content (AvgIpc) is 2.58. The standard InChI is InChI=1S/C18H21FN2O2/c1-2-11-23-18-10-6-15(13-21-18)12-20-17(22)9-5-14-3-7-16(19)8-4-14/h3-4,6-8,10,13H,2,5,9,11-12H2,1H3,(H,20,22). The molecule has 0 atom stereocenters. The van der Waals surface area contributed by atoms with Crippen LogP contribution in [0.2, 0.25) is 0 Å². The summed E-state index contributed by atoms with van der Waals surface area (Å²) in [6, 6.07) is 9.89. The molecule has 2 aromatic rings. The van der Waals surface area contributed by atoms with E-state index in [1.165, 1.54) is 12.1 Å². The van der Waals surface area contributed by atoms with Crippen molar-refractivity contribution in [1.82, 2.24) is 10.3 Å². The third-order valence-corrected chi connectivity index (χ3v) is 3.30. The average molecular weight is 316 g/mol. The number of carbonyl (C=O) groups is 1. The fourth-order valence-corrected chi connectivity index (χ4v) is 2.01. The van der Waals surface area contributed by atoms with Crippen molar-refractivity contribution < 1.29 is 13.9 Å². The number of halogens is 1. The molecule has 0 saturated carbocycles. The van der Waals surface area contributed by atoms with E-state index in [4.69, 9.17) is 4.74 Å². The molecule has 2 rings (SSSR count). The maximum Gasteiger partial charge on any atom is 0.220 e. The molecule has 0 aliphatic rings. The minimum absolute atomic E-state index is 0.0411. The summed E-state index contributed by atoms with van der Waals surface area (Å²) in [4.78, 5) is 16.0. The molecule has 0 spiro atoms. The van der Waals surface area contributed by atoms with Crippen molar-refractivity contribution >= 4 is 5.91 Å². The number of carbonyl (C=O) groups excluding carboxylic acids is 1. The first-order chi connectivity index (χ1) is 11.2. The summed E-state index contributed by atoms with van der Waals surface area (Å²) >= 11 is 0. The molecule has 4 nitrogen and oxygen atoms in total. The molecule has 122 valence electrons. The first-order valence-corrected chi connectivity index (χ1v) is 7.76. The monoisotopic (exact) mass is 316 g/mol. The van der Waals surface area contributed by atoms with Gasteiger partial charge in [0.25, 0.3) is 0 Å². The first kappa shape index (κ1) is 16.9. The number of ether oxygens (including phenoxy) is 1. The Morgan fingerprint density at radius 2 is 1.91 bits per heavy atom. The van der Waals surface area contributed by atoms with E-state index >= 15 is 0 Å². The minimum atomic E-state index is -0.267. The normalized spacial score (nSPS) is 10.3. The molecule has 1 aromatic heterocycles. The van der Waals surface area contributed by atoms with Crippen LogP contribution < -0.4 is 10.1 Å². The van der Waals surface area contributed by atoms with Gasteiger partial charge in [0.2, 0.25) is 11.8 Å². The smallest absolute Gasteiger partial charge is 0.220 e. The summed E-state index contributed by atoms with van der Waals surface area (Å²) in [5, 5.41) is 2.85. The number of aromatic nitrogens is 1. The molecule has 0 saturated heterocycles. The Bertz CT molecular complexity index is 612. The van der Waals surface area contributed by atoms with E-state index in [1.54, 1.807) is 24.4 Å².